The Bertz CT molecular complexity index is 1360. The number of anilines is 1. The van der Waals surface area contributed by atoms with Gasteiger partial charge in [0, 0.05) is 38.8 Å². The third-order valence-electron chi connectivity index (χ3n) is 4.61. The van der Waals surface area contributed by atoms with E-state index in [0.29, 0.717) is 26.0 Å². The predicted octanol–water partition coefficient (Wildman–Crippen LogP) is 8.04. The van der Waals surface area contributed by atoms with Gasteiger partial charge >= 0.3 is 0 Å². The number of pyridine rings is 1. The van der Waals surface area contributed by atoms with Crippen LogP contribution in [-0.4, -0.2) is 27.3 Å². The number of benzene rings is 2. The van der Waals surface area contributed by atoms with Crippen molar-refractivity contribution >= 4 is 80.8 Å². The highest BCUT2D eigenvalue weighted by molar-refractivity contribution is 8.00. The minimum atomic E-state index is -0.384. The Morgan fingerprint density at radius 3 is 2.76 bits per heavy atom. The molecule has 0 bridgehead atoms. The van der Waals surface area contributed by atoms with Crippen LogP contribution in [0.25, 0.3) is 11.3 Å². The number of aliphatic imine (C=N–C) groups is 1. The Balaban J connectivity index is 1.44. The lowest BCUT2D eigenvalue weighted by Gasteiger charge is -2.12. The molecule has 172 valence electrons. The third-order valence-corrected chi connectivity index (χ3v) is 7.40. The molecular formula is C24H17Cl3N4OS2. The van der Waals surface area contributed by atoms with Gasteiger partial charge in [-0.2, -0.15) is 0 Å². The first kappa shape index (κ1) is 24.7. The van der Waals surface area contributed by atoms with Crippen LogP contribution >= 0.6 is 57.9 Å². The molecule has 5 nitrogen and oxygen atoms in total. The molecule has 2 heterocycles. The SMILES string of the molecule is CC(Sc1ccccc1N=Cc1cccnc1Cl)C(=O)Nc1nc(-c2ccc(Cl)cc2Cl)cs1. The number of carbonyl (C=O) groups is 1. The molecule has 2 aromatic heterocycles. The molecule has 1 unspecified atom stereocenters. The molecule has 0 spiro atoms. The second-order valence-corrected chi connectivity index (χ2v) is 10.5. The molecule has 0 aliphatic heterocycles. The van der Waals surface area contributed by atoms with E-state index in [4.69, 9.17) is 34.8 Å². The van der Waals surface area contributed by atoms with Gasteiger partial charge in [-0.15, -0.1) is 23.1 Å². The van der Waals surface area contributed by atoms with Gasteiger partial charge in [0.15, 0.2) is 5.13 Å². The summed E-state index contributed by atoms with van der Waals surface area (Å²) in [6, 6.07) is 16.5. The Kier molecular flexibility index (Phi) is 8.24. The predicted molar refractivity (Wildman–Crippen MR) is 144 cm³/mol. The van der Waals surface area contributed by atoms with Crippen molar-refractivity contribution in [2.24, 2.45) is 4.99 Å². The van der Waals surface area contributed by atoms with Gasteiger partial charge in [0.25, 0.3) is 0 Å². The second kappa shape index (κ2) is 11.3. The summed E-state index contributed by atoms with van der Waals surface area (Å²) in [5, 5.41) is 6.27. The summed E-state index contributed by atoms with van der Waals surface area (Å²) in [7, 11) is 0. The topological polar surface area (TPSA) is 67.2 Å². The molecule has 0 saturated carbocycles. The fraction of sp³-hybridized carbons (Fsp3) is 0.0833. The average Bonchev–Trinajstić information content (AvgIpc) is 3.27. The van der Waals surface area contributed by atoms with E-state index in [1.807, 2.05) is 42.6 Å². The fourth-order valence-electron chi connectivity index (χ4n) is 2.90. The van der Waals surface area contributed by atoms with Crippen LogP contribution < -0.4 is 5.32 Å². The number of carbonyl (C=O) groups excluding carboxylic acids is 1. The summed E-state index contributed by atoms with van der Waals surface area (Å²) in [5.41, 5.74) is 2.89. The monoisotopic (exact) mass is 546 g/mol. The summed E-state index contributed by atoms with van der Waals surface area (Å²) in [6.07, 6.45) is 3.29. The smallest absolute Gasteiger partial charge is 0.239 e. The first-order chi connectivity index (χ1) is 16.4. The minimum Gasteiger partial charge on any atom is -0.301 e. The van der Waals surface area contributed by atoms with Crippen LogP contribution in [0.4, 0.5) is 10.8 Å². The van der Waals surface area contributed by atoms with Crippen molar-refractivity contribution in [1.82, 2.24) is 9.97 Å². The lowest BCUT2D eigenvalue weighted by Crippen LogP contribution is -2.22. The highest BCUT2D eigenvalue weighted by Crippen LogP contribution is 2.35. The van der Waals surface area contributed by atoms with E-state index >= 15 is 0 Å². The van der Waals surface area contributed by atoms with Crippen LogP contribution in [0.2, 0.25) is 15.2 Å². The van der Waals surface area contributed by atoms with Gasteiger partial charge < -0.3 is 5.32 Å². The van der Waals surface area contributed by atoms with Crippen LogP contribution in [-0.2, 0) is 4.79 Å². The van der Waals surface area contributed by atoms with Crippen LogP contribution in [0.5, 0.6) is 0 Å². The summed E-state index contributed by atoms with van der Waals surface area (Å²) in [4.78, 5) is 26.8. The zero-order chi connectivity index (χ0) is 24.1. The molecule has 0 saturated heterocycles. The Labute approximate surface area is 220 Å². The lowest BCUT2D eigenvalue weighted by atomic mass is 10.2. The molecule has 1 N–H and O–H groups in total. The molecule has 1 atom stereocenters. The summed E-state index contributed by atoms with van der Waals surface area (Å²) >= 11 is 21.1. The van der Waals surface area contributed by atoms with E-state index in [0.717, 1.165) is 21.7 Å². The van der Waals surface area contributed by atoms with Crippen LogP contribution in [0.1, 0.15) is 12.5 Å². The highest BCUT2D eigenvalue weighted by atomic mass is 35.5. The maximum atomic E-state index is 12.8. The molecule has 10 heteroatoms. The largest absolute Gasteiger partial charge is 0.301 e. The van der Waals surface area contributed by atoms with Gasteiger partial charge in [0.05, 0.1) is 21.7 Å². The first-order valence-electron chi connectivity index (χ1n) is 10.0. The first-order valence-corrected chi connectivity index (χ1v) is 12.9. The molecule has 0 aliphatic carbocycles. The van der Waals surface area contributed by atoms with E-state index in [2.05, 4.69) is 20.3 Å². The molecule has 0 aliphatic rings. The third kappa shape index (κ3) is 6.17. The number of nitrogens with zero attached hydrogens (tertiary/aromatic N) is 3. The van der Waals surface area contributed by atoms with Gasteiger partial charge in [0.2, 0.25) is 5.91 Å². The number of halogens is 3. The van der Waals surface area contributed by atoms with Gasteiger partial charge in [-0.25, -0.2) is 9.97 Å². The van der Waals surface area contributed by atoms with Crippen LogP contribution in [0.15, 0.2) is 76.1 Å². The number of thiazole rings is 1. The van der Waals surface area contributed by atoms with Crippen molar-refractivity contribution in [2.45, 2.75) is 17.1 Å². The molecule has 0 radical (unpaired) electrons. The van der Waals surface area contributed by atoms with E-state index in [-0.39, 0.29) is 11.2 Å². The van der Waals surface area contributed by atoms with Crippen molar-refractivity contribution < 1.29 is 4.79 Å². The Morgan fingerprint density at radius 1 is 1.15 bits per heavy atom. The number of hydrogen-bond acceptors (Lipinski definition) is 6. The lowest BCUT2D eigenvalue weighted by molar-refractivity contribution is -0.115. The van der Waals surface area contributed by atoms with E-state index in [1.165, 1.54) is 23.1 Å². The Hall–Kier alpha value is -2.42. The fourth-order valence-corrected chi connectivity index (χ4v) is 5.23. The van der Waals surface area contributed by atoms with Crippen LogP contribution in [0, 0.1) is 0 Å². The maximum absolute atomic E-state index is 12.8. The molecular weight excluding hydrogens is 531 g/mol. The minimum absolute atomic E-state index is 0.165. The van der Waals surface area contributed by atoms with Gasteiger partial charge in [-0.1, -0.05) is 46.9 Å². The van der Waals surface area contributed by atoms with E-state index in [1.54, 1.807) is 36.7 Å². The number of para-hydroxylation sites is 1. The van der Waals surface area contributed by atoms with Gasteiger partial charge in [0.1, 0.15) is 5.15 Å². The number of nitrogens with one attached hydrogen (secondary N) is 1. The quantitative estimate of drug-likeness (QED) is 0.144. The zero-order valence-corrected chi connectivity index (χ0v) is 21.6. The Morgan fingerprint density at radius 2 is 1.97 bits per heavy atom. The number of rotatable bonds is 7. The number of hydrogen-bond donors (Lipinski definition) is 1. The number of thioether (sulfide) groups is 1. The average molecular weight is 548 g/mol. The van der Waals surface area contributed by atoms with Gasteiger partial charge in [-0.05, 0) is 49.4 Å². The molecule has 0 fully saturated rings. The standard InChI is InChI=1S/C24H17Cl3N4OS2/c1-14(23(32)31-24-30-20(13-33-24)17-9-8-16(25)11-18(17)26)34-21-7-3-2-6-19(21)29-12-15-5-4-10-28-22(15)27/h2-14H,1H3,(H,30,31,32). The van der Waals surface area contributed by atoms with Gasteiger partial charge in [-0.3, -0.25) is 9.79 Å². The molecule has 2 aromatic carbocycles. The molecule has 34 heavy (non-hydrogen) atoms. The maximum Gasteiger partial charge on any atom is 0.239 e. The van der Waals surface area contributed by atoms with Crippen molar-refractivity contribution in [3.05, 3.63) is 86.9 Å². The van der Waals surface area contributed by atoms with E-state index in [9.17, 15) is 4.79 Å². The van der Waals surface area contributed by atoms with Crippen molar-refractivity contribution in [1.29, 1.82) is 0 Å². The highest BCUT2D eigenvalue weighted by Gasteiger charge is 2.18. The molecule has 4 aromatic rings. The van der Waals surface area contributed by atoms with Crippen LogP contribution in [0.3, 0.4) is 0 Å². The summed E-state index contributed by atoms with van der Waals surface area (Å²) in [5.74, 6) is -0.165. The van der Waals surface area contributed by atoms with Crippen molar-refractivity contribution in [2.75, 3.05) is 5.32 Å². The molecule has 4 rings (SSSR count). The zero-order valence-electron chi connectivity index (χ0n) is 17.7. The number of amides is 1. The van der Waals surface area contributed by atoms with E-state index < -0.39 is 0 Å². The summed E-state index contributed by atoms with van der Waals surface area (Å²) in [6.45, 7) is 1.84. The summed E-state index contributed by atoms with van der Waals surface area (Å²) < 4.78 is 0. The molecule has 1 amide bonds. The second-order valence-electron chi connectivity index (χ2n) is 7.02. The van der Waals surface area contributed by atoms with Crippen molar-refractivity contribution in [3.63, 3.8) is 0 Å². The number of aromatic nitrogens is 2. The van der Waals surface area contributed by atoms with Crippen molar-refractivity contribution in [3.8, 4) is 11.3 Å². The normalized spacial score (nSPS) is 12.1.